The molecule has 0 aliphatic carbocycles. The third kappa shape index (κ3) is 5.26. The van der Waals surface area contributed by atoms with Crippen LogP contribution < -0.4 is 21.9 Å². The largest absolute Gasteiger partial charge is 0.480 e. The molecule has 0 fully saturated rings. The maximum Gasteiger partial charge on any atom is 0.328 e. The third-order valence-corrected chi connectivity index (χ3v) is 2.16. The number of hydrogen-bond donors (Lipinski definition) is 4. The zero-order chi connectivity index (χ0) is 16.0. The van der Waals surface area contributed by atoms with Crippen LogP contribution in [0.3, 0.4) is 0 Å². The Morgan fingerprint density at radius 2 is 1.81 bits per heavy atom. The van der Waals surface area contributed by atoms with E-state index in [1.165, 1.54) is 0 Å². The lowest BCUT2D eigenvalue weighted by molar-refractivity contribution is -0.137. The third-order valence-electron chi connectivity index (χ3n) is 2.16. The van der Waals surface area contributed by atoms with Gasteiger partial charge >= 0.3 is 11.7 Å². The molecule has 10 nitrogen and oxygen atoms in total. The Morgan fingerprint density at radius 1 is 1.19 bits per heavy atom. The Balaban J connectivity index is 2.53. The lowest BCUT2D eigenvalue weighted by Gasteiger charge is -2.07. The number of carboxylic acids is 1. The minimum atomic E-state index is -1.25. The summed E-state index contributed by atoms with van der Waals surface area (Å²) < 4.78 is 13.6. The summed E-state index contributed by atoms with van der Waals surface area (Å²) in [6.45, 7) is -1.72. The number of H-pyrrole nitrogens is 1. The molecular formula is C10H11FN4O6. The first kappa shape index (κ1) is 16.1. The van der Waals surface area contributed by atoms with Crippen LogP contribution in [0.4, 0.5) is 4.39 Å². The van der Waals surface area contributed by atoms with Gasteiger partial charge in [-0.05, 0) is 0 Å². The molecule has 0 atom stereocenters. The molecule has 0 spiro atoms. The first-order valence-electron chi connectivity index (χ1n) is 5.54. The number of aromatic amines is 1. The topological polar surface area (TPSA) is 150 Å². The van der Waals surface area contributed by atoms with E-state index in [2.05, 4.69) is 5.32 Å². The van der Waals surface area contributed by atoms with E-state index in [1.54, 1.807) is 4.98 Å². The van der Waals surface area contributed by atoms with E-state index >= 15 is 0 Å². The molecule has 1 aromatic heterocycles. The van der Waals surface area contributed by atoms with Gasteiger partial charge in [0.1, 0.15) is 13.1 Å². The molecule has 114 valence electrons. The highest BCUT2D eigenvalue weighted by molar-refractivity contribution is 5.86. The highest BCUT2D eigenvalue weighted by Gasteiger charge is 2.10. The standard InChI is InChI=1S/C10H11FN4O6/c11-5-3-15(10(21)14-9(5)20)4-7(17)12-1-6(16)13-2-8(18)19/h3H,1-2,4H2,(H,12,17)(H,13,16)(H,18,19)(H,14,20,21). The summed E-state index contributed by atoms with van der Waals surface area (Å²) in [5.74, 6) is -4.02. The zero-order valence-corrected chi connectivity index (χ0v) is 10.5. The van der Waals surface area contributed by atoms with Gasteiger partial charge < -0.3 is 15.7 Å². The van der Waals surface area contributed by atoms with E-state index in [-0.39, 0.29) is 0 Å². The molecule has 0 saturated carbocycles. The van der Waals surface area contributed by atoms with E-state index in [0.717, 1.165) is 0 Å². The van der Waals surface area contributed by atoms with Crippen molar-refractivity contribution in [2.24, 2.45) is 0 Å². The van der Waals surface area contributed by atoms with Gasteiger partial charge in [0.15, 0.2) is 0 Å². The normalized spacial score (nSPS) is 9.95. The number of hydrogen-bond acceptors (Lipinski definition) is 5. The summed E-state index contributed by atoms with van der Waals surface area (Å²) >= 11 is 0. The Kier molecular flexibility index (Phi) is 5.34. The minimum absolute atomic E-state index is 0.507. The van der Waals surface area contributed by atoms with Gasteiger partial charge in [-0.1, -0.05) is 0 Å². The van der Waals surface area contributed by atoms with E-state index < -0.39 is 54.5 Å². The van der Waals surface area contributed by atoms with Crippen molar-refractivity contribution in [1.29, 1.82) is 0 Å². The number of halogens is 1. The van der Waals surface area contributed by atoms with Crippen molar-refractivity contribution >= 4 is 17.8 Å². The molecule has 1 heterocycles. The molecule has 2 amide bonds. The molecule has 0 unspecified atom stereocenters. The SMILES string of the molecule is O=C(O)CNC(=O)CNC(=O)Cn1cc(F)c(=O)[nH]c1=O. The first-order valence-corrected chi connectivity index (χ1v) is 5.54. The van der Waals surface area contributed by atoms with Crippen LogP contribution in [0.25, 0.3) is 0 Å². The van der Waals surface area contributed by atoms with Crippen molar-refractivity contribution in [3.05, 3.63) is 32.9 Å². The van der Waals surface area contributed by atoms with Crippen molar-refractivity contribution in [3.8, 4) is 0 Å². The highest BCUT2D eigenvalue weighted by Crippen LogP contribution is 1.84. The van der Waals surface area contributed by atoms with E-state index in [0.29, 0.717) is 10.8 Å². The van der Waals surface area contributed by atoms with Crippen LogP contribution in [0.1, 0.15) is 0 Å². The molecule has 21 heavy (non-hydrogen) atoms. The number of carboxylic acid groups (broad SMARTS) is 1. The van der Waals surface area contributed by atoms with Crippen LogP contribution in [0.15, 0.2) is 15.8 Å². The van der Waals surface area contributed by atoms with Crippen LogP contribution in [0.2, 0.25) is 0 Å². The average molecular weight is 302 g/mol. The van der Waals surface area contributed by atoms with Crippen molar-refractivity contribution in [2.45, 2.75) is 6.54 Å². The predicted octanol–water partition coefficient (Wildman–Crippen LogP) is -3.01. The summed E-state index contributed by atoms with van der Waals surface area (Å²) in [5, 5.41) is 12.4. The fraction of sp³-hybridized carbons (Fsp3) is 0.300. The van der Waals surface area contributed by atoms with Crippen LogP contribution in [-0.2, 0) is 20.9 Å². The average Bonchev–Trinajstić information content (AvgIpc) is 2.40. The molecule has 0 aliphatic rings. The molecule has 0 saturated heterocycles. The number of nitrogens with one attached hydrogen (secondary N) is 3. The van der Waals surface area contributed by atoms with Crippen molar-refractivity contribution in [3.63, 3.8) is 0 Å². The zero-order valence-electron chi connectivity index (χ0n) is 10.5. The number of nitrogens with zero attached hydrogens (tertiary/aromatic N) is 1. The van der Waals surface area contributed by atoms with Crippen molar-refractivity contribution in [1.82, 2.24) is 20.2 Å². The van der Waals surface area contributed by atoms with Crippen LogP contribution in [0.5, 0.6) is 0 Å². The number of aliphatic carboxylic acids is 1. The molecule has 0 aromatic carbocycles. The molecule has 0 radical (unpaired) electrons. The molecule has 11 heteroatoms. The first-order chi connectivity index (χ1) is 9.79. The lowest BCUT2D eigenvalue weighted by Crippen LogP contribution is -2.41. The minimum Gasteiger partial charge on any atom is -0.480 e. The Bertz CT molecular complexity index is 679. The maximum atomic E-state index is 12.9. The van der Waals surface area contributed by atoms with Gasteiger partial charge in [0.25, 0.3) is 5.56 Å². The molecular weight excluding hydrogens is 291 g/mol. The molecule has 1 rings (SSSR count). The van der Waals surface area contributed by atoms with Gasteiger partial charge in [-0.3, -0.25) is 28.7 Å². The van der Waals surface area contributed by atoms with E-state index in [4.69, 9.17) is 5.11 Å². The van der Waals surface area contributed by atoms with Gasteiger partial charge in [-0.15, -0.1) is 0 Å². The van der Waals surface area contributed by atoms with Crippen LogP contribution in [-0.4, -0.2) is 45.5 Å². The predicted molar refractivity (Wildman–Crippen MR) is 64.9 cm³/mol. The summed E-state index contributed by atoms with van der Waals surface area (Å²) in [6.07, 6.45) is 0.561. The quantitative estimate of drug-likeness (QED) is 0.439. The Morgan fingerprint density at radius 3 is 2.43 bits per heavy atom. The second-order valence-electron chi connectivity index (χ2n) is 3.81. The number of carbonyl (C=O) groups is 3. The second-order valence-corrected chi connectivity index (χ2v) is 3.81. The molecule has 0 aliphatic heterocycles. The number of aromatic nitrogens is 2. The van der Waals surface area contributed by atoms with Gasteiger partial charge in [0.2, 0.25) is 17.6 Å². The lowest BCUT2D eigenvalue weighted by atomic mass is 10.5. The van der Waals surface area contributed by atoms with Crippen molar-refractivity contribution in [2.75, 3.05) is 13.1 Å². The fourth-order valence-corrected chi connectivity index (χ4v) is 1.23. The number of rotatable bonds is 6. The van der Waals surface area contributed by atoms with Gasteiger partial charge in [0, 0.05) is 0 Å². The molecule has 4 N–H and O–H groups in total. The monoisotopic (exact) mass is 302 g/mol. The smallest absolute Gasteiger partial charge is 0.328 e. The summed E-state index contributed by atoms with van der Waals surface area (Å²) in [7, 11) is 0. The van der Waals surface area contributed by atoms with Gasteiger partial charge in [0.05, 0.1) is 12.7 Å². The van der Waals surface area contributed by atoms with E-state index in [9.17, 15) is 28.4 Å². The Labute approximate surface area is 115 Å². The highest BCUT2D eigenvalue weighted by atomic mass is 19.1. The maximum absolute atomic E-state index is 12.9. The summed E-state index contributed by atoms with van der Waals surface area (Å²) in [4.78, 5) is 56.4. The second kappa shape index (κ2) is 6.98. The number of carbonyl (C=O) groups excluding carboxylic acids is 2. The summed E-state index contributed by atoms with van der Waals surface area (Å²) in [6, 6.07) is 0. The van der Waals surface area contributed by atoms with E-state index in [1.807, 2.05) is 5.32 Å². The molecule has 1 aromatic rings. The van der Waals surface area contributed by atoms with Crippen LogP contribution >= 0.6 is 0 Å². The van der Waals surface area contributed by atoms with Crippen molar-refractivity contribution < 1.29 is 23.9 Å². The van der Waals surface area contributed by atoms with Gasteiger partial charge in [-0.25, -0.2) is 4.79 Å². The summed E-state index contributed by atoms with van der Waals surface area (Å²) in [5.41, 5.74) is -2.18. The van der Waals surface area contributed by atoms with Gasteiger partial charge in [-0.2, -0.15) is 4.39 Å². The molecule has 0 bridgehead atoms. The number of amides is 2. The Hall–Kier alpha value is -2.98. The fourth-order valence-electron chi connectivity index (χ4n) is 1.23. The van der Waals surface area contributed by atoms with Crippen LogP contribution in [0, 0.1) is 5.82 Å².